The largest absolute Gasteiger partial charge is 0.262 e. The Labute approximate surface area is 130 Å². The monoisotopic (exact) mass is 304 g/mol. The average Bonchev–Trinajstić information content (AvgIpc) is 3.14. The zero-order valence-electron chi connectivity index (χ0n) is 12.1. The summed E-state index contributed by atoms with van der Waals surface area (Å²) in [5.41, 5.74) is 3.64. The van der Waals surface area contributed by atoms with Crippen molar-refractivity contribution in [3.8, 4) is 22.8 Å². The lowest BCUT2D eigenvalue weighted by Gasteiger charge is -2.04. The molecule has 112 valence electrons. The van der Waals surface area contributed by atoms with E-state index in [2.05, 4.69) is 58.6 Å². The Bertz CT molecular complexity index is 984. The average molecular weight is 304 g/mol. The molecule has 3 heterocycles. The molecule has 4 aromatic rings. The maximum Gasteiger partial charge on any atom is 0.223 e. The summed E-state index contributed by atoms with van der Waals surface area (Å²) >= 11 is 0. The Morgan fingerprint density at radius 1 is 1.09 bits per heavy atom. The molecule has 1 fully saturated rings. The van der Waals surface area contributed by atoms with Crippen molar-refractivity contribution in [1.29, 1.82) is 0 Å². The summed E-state index contributed by atoms with van der Waals surface area (Å²) in [6, 6.07) is 8.69. The highest BCUT2D eigenvalue weighted by Gasteiger charge is 2.25. The van der Waals surface area contributed by atoms with E-state index in [0.29, 0.717) is 17.6 Å². The first-order valence-corrected chi connectivity index (χ1v) is 7.42. The summed E-state index contributed by atoms with van der Waals surface area (Å²) < 4.78 is 2.11. The standard InChI is InChI=1S/C15H12N8/c1-4-14-10(7-18-23(14)11-2-3-11)5-9(1)12-6-13(17-8-16-12)15-19-21-22-20-15/h1,4-8,11H,2-3H2,(H,19,20,21,22). The first kappa shape index (κ1) is 12.4. The summed E-state index contributed by atoms with van der Waals surface area (Å²) in [5.74, 6) is 0.455. The summed E-state index contributed by atoms with van der Waals surface area (Å²) in [6.45, 7) is 0. The second-order valence-electron chi connectivity index (χ2n) is 5.62. The minimum Gasteiger partial charge on any atom is -0.262 e. The van der Waals surface area contributed by atoms with Crippen molar-refractivity contribution in [2.24, 2.45) is 0 Å². The Balaban J connectivity index is 1.59. The van der Waals surface area contributed by atoms with E-state index in [0.717, 1.165) is 16.6 Å². The highest BCUT2D eigenvalue weighted by atomic mass is 15.5. The molecular weight excluding hydrogens is 292 g/mol. The number of aromatic amines is 1. The van der Waals surface area contributed by atoms with Crippen molar-refractivity contribution >= 4 is 10.9 Å². The second kappa shape index (κ2) is 4.67. The number of nitrogens with one attached hydrogen (secondary N) is 1. The van der Waals surface area contributed by atoms with Gasteiger partial charge in [0.05, 0.1) is 23.4 Å². The topological polar surface area (TPSA) is 98.1 Å². The maximum atomic E-state index is 4.50. The smallest absolute Gasteiger partial charge is 0.223 e. The van der Waals surface area contributed by atoms with Crippen molar-refractivity contribution in [1.82, 2.24) is 40.4 Å². The van der Waals surface area contributed by atoms with Crippen LogP contribution in [0.4, 0.5) is 0 Å². The predicted octanol–water partition coefficient (Wildman–Crippen LogP) is 2.01. The van der Waals surface area contributed by atoms with E-state index >= 15 is 0 Å². The first-order valence-electron chi connectivity index (χ1n) is 7.42. The predicted molar refractivity (Wildman–Crippen MR) is 82.2 cm³/mol. The molecule has 1 saturated carbocycles. The lowest BCUT2D eigenvalue weighted by molar-refractivity contribution is 0.665. The molecule has 0 aliphatic heterocycles. The molecule has 0 amide bonds. The summed E-state index contributed by atoms with van der Waals surface area (Å²) in [4.78, 5) is 8.55. The minimum atomic E-state index is 0.455. The van der Waals surface area contributed by atoms with Crippen molar-refractivity contribution in [3.63, 3.8) is 0 Å². The zero-order valence-corrected chi connectivity index (χ0v) is 12.1. The van der Waals surface area contributed by atoms with E-state index < -0.39 is 0 Å². The first-order chi connectivity index (χ1) is 11.4. The van der Waals surface area contributed by atoms with Gasteiger partial charge in [0.2, 0.25) is 5.82 Å². The number of benzene rings is 1. The Morgan fingerprint density at radius 3 is 2.83 bits per heavy atom. The normalized spacial score (nSPS) is 14.4. The van der Waals surface area contributed by atoms with Crippen molar-refractivity contribution in [3.05, 3.63) is 36.8 Å². The fourth-order valence-corrected chi connectivity index (χ4v) is 2.73. The summed E-state index contributed by atoms with van der Waals surface area (Å²) in [5, 5.41) is 19.5. The van der Waals surface area contributed by atoms with Crippen LogP contribution in [-0.4, -0.2) is 40.4 Å². The third kappa shape index (κ3) is 2.07. The maximum absolute atomic E-state index is 4.50. The Morgan fingerprint density at radius 2 is 2.00 bits per heavy atom. The molecule has 8 nitrogen and oxygen atoms in total. The molecule has 0 unspecified atom stereocenters. The minimum absolute atomic E-state index is 0.455. The van der Waals surface area contributed by atoms with Gasteiger partial charge >= 0.3 is 0 Å². The van der Waals surface area contributed by atoms with Gasteiger partial charge < -0.3 is 0 Å². The molecule has 0 atom stereocenters. The van der Waals surface area contributed by atoms with Crippen LogP contribution < -0.4 is 0 Å². The second-order valence-corrected chi connectivity index (χ2v) is 5.62. The quantitative estimate of drug-likeness (QED) is 0.621. The van der Waals surface area contributed by atoms with Crippen molar-refractivity contribution in [2.75, 3.05) is 0 Å². The SMILES string of the molecule is c1nc(-c2ccc3c(cnn3C3CC3)c2)cc(-c2nn[nH]n2)n1. The van der Waals surface area contributed by atoms with Gasteiger partial charge in [-0.25, -0.2) is 9.97 Å². The zero-order chi connectivity index (χ0) is 15.2. The van der Waals surface area contributed by atoms with Crippen LogP contribution in [0.2, 0.25) is 0 Å². The molecule has 0 spiro atoms. The molecule has 0 saturated heterocycles. The van der Waals surface area contributed by atoms with Crippen LogP contribution in [0, 0.1) is 0 Å². The van der Waals surface area contributed by atoms with Gasteiger partial charge in [-0.1, -0.05) is 6.07 Å². The van der Waals surface area contributed by atoms with Gasteiger partial charge in [0.25, 0.3) is 0 Å². The van der Waals surface area contributed by atoms with Gasteiger partial charge in [0.15, 0.2) is 0 Å². The molecule has 1 N–H and O–H groups in total. The fraction of sp³-hybridized carbons (Fsp3) is 0.200. The van der Waals surface area contributed by atoms with Gasteiger partial charge in [-0.15, -0.1) is 10.2 Å². The molecule has 1 aromatic carbocycles. The van der Waals surface area contributed by atoms with E-state index in [4.69, 9.17) is 0 Å². The number of fused-ring (bicyclic) bond motifs is 1. The lowest BCUT2D eigenvalue weighted by Crippen LogP contribution is -1.95. The number of hydrogen-bond acceptors (Lipinski definition) is 6. The number of tetrazole rings is 1. The third-order valence-corrected chi connectivity index (χ3v) is 4.03. The van der Waals surface area contributed by atoms with Gasteiger partial charge in [-0.05, 0) is 36.3 Å². The van der Waals surface area contributed by atoms with Crippen LogP contribution in [0.1, 0.15) is 18.9 Å². The van der Waals surface area contributed by atoms with Crippen molar-refractivity contribution in [2.45, 2.75) is 18.9 Å². The molecule has 1 aliphatic rings. The Kier molecular flexibility index (Phi) is 2.51. The van der Waals surface area contributed by atoms with E-state index in [1.165, 1.54) is 24.7 Å². The lowest BCUT2D eigenvalue weighted by atomic mass is 10.1. The molecule has 0 bridgehead atoms. The van der Waals surface area contributed by atoms with Crippen LogP contribution in [0.15, 0.2) is 36.8 Å². The van der Waals surface area contributed by atoms with Gasteiger partial charge in [0.1, 0.15) is 12.0 Å². The van der Waals surface area contributed by atoms with Crippen LogP contribution >= 0.6 is 0 Å². The summed E-state index contributed by atoms with van der Waals surface area (Å²) in [7, 11) is 0. The number of H-pyrrole nitrogens is 1. The number of nitrogens with zero attached hydrogens (tertiary/aromatic N) is 7. The van der Waals surface area contributed by atoms with Gasteiger partial charge in [-0.3, -0.25) is 4.68 Å². The fourth-order valence-electron chi connectivity index (χ4n) is 2.73. The number of hydrogen-bond donors (Lipinski definition) is 1. The van der Waals surface area contributed by atoms with Crippen LogP contribution in [-0.2, 0) is 0 Å². The van der Waals surface area contributed by atoms with Crippen molar-refractivity contribution < 1.29 is 0 Å². The van der Waals surface area contributed by atoms with Crippen LogP contribution in [0.25, 0.3) is 33.7 Å². The Hall–Kier alpha value is -3.16. The molecule has 5 rings (SSSR count). The van der Waals surface area contributed by atoms with E-state index in [1.54, 1.807) is 0 Å². The molecule has 23 heavy (non-hydrogen) atoms. The molecule has 3 aromatic heterocycles. The molecule has 0 radical (unpaired) electrons. The number of aromatic nitrogens is 8. The van der Waals surface area contributed by atoms with E-state index in [-0.39, 0.29) is 0 Å². The van der Waals surface area contributed by atoms with E-state index in [1.807, 2.05) is 12.3 Å². The third-order valence-electron chi connectivity index (χ3n) is 4.03. The molecule has 8 heteroatoms. The number of rotatable bonds is 3. The highest BCUT2D eigenvalue weighted by molar-refractivity contribution is 5.84. The molecule has 1 aliphatic carbocycles. The molecular formula is C15H12N8. The summed E-state index contributed by atoms with van der Waals surface area (Å²) in [6.07, 6.45) is 5.87. The van der Waals surface area contributed by atoms with E-state index in [9.17, 15) is 0 Å². The van der Waals surface area contributed by atoms with Crippen LogP contribution in [0.3, 0.4) is 0 Å². The highest BCUT2D eigenvalue weighted by Crippen LogP contribution is 2.37. The van der Waals surface area contributed by atoms with Gasteiger partial charge in [0, 0.05) is 10.9 Å². The van der Waals surface area contributed by atoms with Crippen LogP contribution in [0.5, 0.6) is 0 Å². The van der Waals surface area contributed by atoms with Gasteiger partial charge in [-0.2, -0.15) is 10.3 Å².